The van der Waals surface area contributed by atoms with Crippen molar-refractivity contribution in [3.8, 4) is 0 Å². The van der Waals surface area contributed by atoms with Crippen LogP contribution in [0.3, 0.4) is 0 Å². The first-order valence-electron chi connectivity index (χ1n) is 9.64. The molecule has 142 valence electrons. The fourth-order valence-corrected chi connectivity index (χ4v) is 3.57. The molecule has 0 spiro atoms. The van der Waals surface area contributed by atoms with Crippen LogP contribution in [0.25, 0.3) is 0 Å². The minimum absolute atomic E-state index is 0.211. The Kier molecular flexibility index (Phi) is 5.41. The van der Waals surface area contributed by atoms with Crippen molar-refractivity contribution < 1.29 is 9.53 Å². The van der Waals surface area contributed by atoms with E-state index in [2.05, 4.69) is 27.0 Å². The molecule has 25 heavy (non-hydrogen) atoms. The summed E-state index contributed by atoms with van der Waals surface area (Å²) in [5.74, 6) is 1.00. The maximum atomic E-state index is 12.3. The van der Waals surface area contributed by atoms with Crippen molar-refractivity contribution in [2.24, 2.45) is 4.99 Å². The third-order valence-corrected chi connectivity index (χ3v) is 5.01. The third kappa shape index (κ3) is 4.77. The Bertz CT molecular complexity index is 512. The van der Waals surface area contributed by atoms with Crippen molar-refractivity contribution in [3.05, 3.63) is 0 Å². The normalized spacial score (nSPS) is 23.6. The van der Waals surface area contributed by atoms with Gasteiger partial charge in [-0.3, -0.25) is 9.89 Å². The van der Waals surface area contributed by atoms with Gasteiger partial charge < -0.3 is 19.9 Å². The maximum absolute atomic E-state index is 12.3. The first-order valence-corrected chi connectivity index (χ1v) is 9.64. The van der Waals surface area contributed by atoms with Gasteiger partial charge in [-0.25, -0.2) is 4.79 Å². The minimum Gasteiger partial charge on any atom is -0.444 e. The fourth-order valence-electron chi connectivity index (χ4n) is 3.57. The lowest BCUT2D eigenvalue weighted by Gasteiger charge is -2.39. The van der Waals surface area contributed by atoms with Gasteiger partial charge in [0.15, 0.2) is 5.96 Å². The highest BCUT2D eigenvalue weighted by molar-refractivity contribution is 5.82. The van der Waals surface area contributed by atoms with E-state index in [4.69, 9.17) is 4.74 Å². The quantitative estimate of drug-likeness (QED) is 0.810. The van der Waals surface area contributed by atoms with Crippen molar-refractivity contribution in [1.82, 2.24) is 20.0 Å². The average Bonchev–Trinajstić information content (AvgIpc) is 3.31. The van der Waals surface area contributed by atoms with E-state index < -0.39 is 5.60 Å². The maximum Gasteiger partial charge on any atom is 0.410 e. The molecule has 0 aromatic rings. The van der Waals surface area contributed by atoms with Crippen molar-refractivity contribution in [2.75, 3.05) is 45.8 Å². The molecule has 1 saturated carbocycles. The number of fused-ring (bicyclic) bond motifs is 1. The molecule has 2 fully saturated rings. The van der Waals surface area contributed by atoms with Gasteiger partial charge in [-0.1, -0.05) is 6.92 Å². The van der Waals surface area contributed by atoms with Crippen molar-refractivity contribution >= 4 is 12.1 Å². The molecule has 3 aliphatic rings. The highest BCUT2D eigenvalue weighted by atomic mass is 16.6. The van der Waals surface area contributed by atoms with Crippen LogP contribution in [0, 0.1) is 0 Å². The molecule has 0 aromatic carbocycles. The number of likely N-dealkylation sites (N-methyl/N-ethyl adjacent to an activating group) is 1. The second kappa shape index (κ2) is 7.40. The number of aliphatic imine (C=N–C) groups is 1. The lowest BCUT2D eigenvalue weighted by atomic mass is 10.2. The van der Waals surface area contributed by atoms with Crippen LogP contribution in [0.5, 0.6) is 0 Å². The molecule has 1 atom stereocenters. The zero-order valence-electron chi connectivity index (χ0n) is 16.1. The molecular weight excluding hydrogens is 318 g/mol. The average molecular weight is 351 g/mol. The lowest BCUT2D eigenvalue weighted by molar-refractivity contribution is 0.0137. The Morgan fingerprint density at radius 1 is 1.36 bits per heavy atom. The van der Waals surface area contributed by atoms with E-state index in [1.54, 1.807) is 0 Å². The monoisotopic (exact) mass is 351 g/mol. The van der Waals surface area contributed by atoms with E-state index in [9.17, 15) is 4.79 Å². The summed E-state index contributed by atoms with van der Waals surface area (Å²) < 4.78 is 5.49. The van der Waals surface area contributed by atoms with Gasteiger partial charge in [0.25, 0.3) is 0 Å². The number of hydrogen-bond donors (Lipinski definition) is 1. The molecule has 2 heterocycles. The van der Waals surface area contributed by atoms with Crippen LogP contribution in [-0.2, 0) is 4.74 Å². The molecule has 7 heteroatoms. The molecule has 0 aromatic heterocycles. The zero-order valence-corrected chi connectivity index (χ0v) is 16.1. The third-order valence-electron chi connectivity index (χ3n) is 5.01. The van der Waals surface area contributed by atoms with Crippen LogP contribution in [0.4, 0.5) is 4.79 Å². The van der Waals surface area contributed by atoms with E-state index in [1.165, 1.54) is 12.8 Å². The summed E-state index contributed by atoms with van der Waals surface area (Å²) in [5, 5.41) is 3.51. The van der Waals surface area contributed by atoms with E-state index >= 15 is 0 Å². The van der Waals surface area contributed by atoms with Crippen LogP contribution in [0.2, 0.25) is 0 Å². The standard InChI is InChI=1S/C18H33N5O2/c1-5-21(14-6-7-14)9-8-19-16-20-12-15-13-22(10-11-23(15)16)17(24)25-18(2,3)4/h14-15H,5-13H2,1-4H3,(H,19,20). The van der Waals surface area contributed by atoms with Gasteiger partial charge in [0.1, 0.15) is 5.60 Å². The second-order valence-electron chi connectivity index (χ2n) is 8.22. The molecule has 0 radical (unpaired) electrons. The molecule has 2 aliphatic heterocycles. The number of carbonyl (C=O) groups excluding carboxylic acids is 1. The lowest BCUT2D eigenvalue weighted by Crippen LogP contribution is -2.57. The number of piperazine rings is 1. The number of ether oxygens (including phenoxy) is 1. The molecule has 0 bridgehead atoms. The molecule has 3 rings (SSSR count). The molecule has 1 saturated heterocycles. The van der Waals surface area contributed by atoms with Crippen LogP contribution < -0.4 is 5.32 Å². The summed E-state index contributed by atoms with van der Waals surface area (Å²) in [6.45, 7) is 14.0. The smallest absolute Gasteiger partial charge is 0.410 e. The molecular formula is C18H33N5O2. The fraction of sp³-hybridized carbons (Fsp3) is 0.889. The molecule has 1 amide bonds. The first-order chi connectivity index (χ1) is 11.9. The Morgan fingerprint density at radius 3 is 2.76 bits per heavy atom. The van der Waals surface area contributed by atoms with E-state index in [-0.39, 0.29) is 12.1 Å². The highest BCUT2D eigenvalue weighted by Crippen LogP contribution is 2.26. The predicted octanol–water partition coefficient (Wildman–Crippen LogP) is 1.35. The number of nitrogens with zero attached hydrogens (tertiary/aromatic N) is 4. The molecule has 1 aliphatic carbocycles. The summed E-state index contributed by atoms with van der Waals surface area (Å²) in [4.78, 5) is 23.6. The summed E-state index contributed by atoms with van der Waals surface area (Å²) in [7, 11) is 0. The largest absolute Gasteiger partial charge is 0.444 e. The summed E-state index contributed by atoms with van der Waals surface area (Å²) in [6, 6.07) is 1.08. The summed E-state index contributed by atoms with van der Waals surface area (Å²) in [5.41, 5.74) is -0.445. The number of rotatable bonds is 5. The topological polar surface area (TPSA) is 60.4 Å². The van der Waals surface area contributed by atoms with Crippen LogP contribution in [-0.4, -0.2) is 90.3 Å². The van der Waals surface area contributed by atoms with Gasteiger partial charge >= 0.3 is 6.09 Å². The Morgan fingerprint density at radius 2 is 2.12 bits per heavy atom. The predicted molar refractivity (Wildman–Crippen MR) is 98.9 cm³/mol. The second-order valence-corrected chi connectivity index (χ2v) is 8.22. The Balaban J connectivity index is 1.43. The molecule has 7 nitrogen and oxygen atoms in total. The van der Waals surface area contributed by atoms with E-state index in [0.29, 0.717) is 13.1 Å². The number of hydrogen-bond acceptors (Lipinski definition) is 6. The van der Waals surface area contributed by atoms with Gasteiger partial charge in [-0.05, 0) is 40.2 Å². The van der Waals surface area contributed by atoms with Crippen molar-refractivity contribution in [1.29, 1.82) is 0 Å². The Labute approximate surface area is 151 Å². The van der Waals surface area contributed by atoms with Crippen LogP contribution >= 0.6 is 0 Å². The number of amides is 1. The van der Waals surface area contributed by atoms with E-state index in [0.717, 1.165) is 44.7 Å². The van der Waals surface area contributed by atoms with E-state index in [1.807, 2.05) is 25.7 Å². The van der Waals surface area contributed by atoms with Gasteiger partial charge in [-0.2, -0.15) is 0 Å². The van der Waals surface area contributed by atoms with Crippen molar-refractivity contribution in [2.45, 2.75) is 58.2 Å². The highest BCUT2D eigenvalue weighted by Gasteiger charge is 2.36. The number of guanidine groups is 1. The Hall–Kier alpha value is -1.50. The minimum atomic E-state index is -0.445. The van der Waals surface area contributed by atoms with Gasteiger partial charge in [0, 0.05) is 38.8 Å². The van der Waals surface area contributed by atoms with Gasteiger partial charge in [-0.15, -0.1) is 0 Å². The molecule has 1 unspecified atom stereocenters. The SMILES string of the molecule is CCN(CCNC1=NCC2CN(C(=O)OC(C)(C)C)CCN12)C1CC1. The summed E-state index contributed by atoms with van der Waals surface area (Å²) in [6.07, 6.45) is 2.49. The van der Waals surface area contributed by atoms with Crippen LogP contribution in [0.15, 0.2) is 4.99 Å². The number of nitrogens with one attached hydrogen (secondary N) is 1. The first kappa shape index (κ1) is 18.3. The molecule has 1 N–H and O–H groups in total. The van der Waals surface area contributed by atoms with Gasteiger partial charge in [0.05, 0.1) is 12.6 Å². The van der Waals surface area contributed by atoms with Crippen LogP contribution in [0.1, 0.15) is 40.5 Å². The van der Waals surface area contributed by atoms with Gasteiger partial charge in [0.2, 0.25) is 0 Å². The zero-order chi connectivity index (χ0) is 18.0. The van der Waals surface area contributed by atoms with Crippen molar-refractivity contribution in [3.63, 3.8) is 0 Å². The number of carbonyl (C=O) groups is 1. The summed E-state index contributed by atoms with van der Waals surface area (Å²) >= 11 is 0.